The van der Waals surface area contributed by atoms with E-state index in [1.165, 1.54) is 0 Å². The van der Waals surface area contributed by atoms with E-state index in [0.29, 0.717) is 0 Å². The molecule has 0 bridgehead atoms. The molecular formula is C11H20N2O6. The Morgan fingerprint density at radius 1 is 1.32 bits per heavy atom. The molecule has 0 rings (SSSR count). The molecule has 19 heavy (non-hydrogen) atoms. The molecule has 1 unspecified atom stereocenters. The van der Waals surface area contributed by atoms with Crippen LogP contribution in [0.3, 0.4) is 0 Å². The van der Waals surface area contributed by atoms with E-state index in [-0.39, 0.29) is 0 Å². The molecule has 0 radical (unpaired) electrons. The fourth-order valence-electron chi connectivity index (χ4n) is 1.12. The van der Waals surface area contributed by atoms with Crippen molar-refractivity contribution in [3.05, 3.63) is 0 Å². The summed E-state index contributed by atoms with van der Waals surface area (Å²) in [6.45, 7) is 4.26. The number of hydrogen-bond donors (Lipinski definition) is 4. The Labute approximate surface area is 110 Å². The van der Waals surface area contributed by atoms with Gasteiger partial charge in [0.1, 0.15) is 17.7 Å². The zero-order valence-electron chi connectivity index (χ0n) is 11.2. The van der Waals surface area contributed by atoms with E-state index < -0.39 is 48.6 Å². The number of nitrogens with two attached hydrogens (primary N) is 1. The number of nitrogens with one attached hydrogen (secondary N) is 1. The van der Waals surface area contributed by atoms with Crippen molar-refractivity contribution in [3.63, 3.8) is 0 Å². The van der Waals surface area contributed by atoms with Crippen molar-refractivity contribution in [2.45, 2.75) is 44.9 Å². The fourth-order valence-corrected chi connectivity index (χ4v) is 1.12. The molecule has 0 aliphatic rings. The minimum atomic E-state index is -1.37. The quantitative estimate of drug-likeness (QED) is 0.500. The number of aliphatic hydroxyl groups is 1. The van der Waals surface area contributed by atoms with Gasteiger partial charge in [0.15, 0.2) is 5.78 Å². The van der Waals surface area contributed by atoms with Gasteiger partial charge in [-0.25, -0.2) is 4.79 Å². The zero-order valence-corrected chi connectivity index (χ0v) is 11.2. The molecule has 0 saturated heterocycles. The number of ketones is 1. The molecule has 0 aromatic heterocycles. The van der Waals surface area contributed by atoms with Crippen LogP contribution in [0.1, 0.15) is 27.2 Å². The van der Waals surface area contributed by atoms with Crippen LogP contribution < -0.4 is 11.1 Å². The summed E-state index contributed by atoms with van der Waals surface area (Å²) in [5, 5.41) is 19.7. The lowest BCUT2D eigenvalue weighted by molar-refractivity contribution is -0.140. The zero-order chi connectivity index (χ0) is 15.2. The number of alkyl carbamates (subject to hydrolysis) is 1. The Kier molecular flexibility index (Phi) is 6.43. The smallest absolute Gasteiger partial charge is 0.408 e. The summed E-state index contributed by atoms with van der Waals surface area (Å²) < 4.78 is 4.91. The van der Waals surface area contributed by atoms with Crippen LogP contribution >= 0.6 is 0 Å². The van der Waals surface area contributed by atoms with Crippen LogP contribution in [0.5, 0.6) is 0 Å². The third-order valence-corrected chi connectivity index (χ3v) is 2.00. The van der Waals surface area contributed by atoms with Gasteiger partial charge in [-0.1, -0.05) is 0 Å². The first-order valence-corrected chi connectivity index (χ1v) is 5.68. The summed E-state index contributed by atoms with van der Waals surface area (Å²) in [7, 11) is 0. The molecule has 0 aliphatic heterocycles. The van der Waals surface area contributed by atoms with Gasteiger partial charge in [-0.05, 0) is 20.8 Å². The average Bonchev–Trinajstić information content (AvgIpc) is 2.22. The van der Waals surface area contributed by atoms with E-state index in [1.807, 2.05) is 0 Å². The lowest BCUT2D eigenvalue weighted by atomic mass is 10.1. The highest BCUT2D eigenvalue weighted by atomic mass is 16.6. The number of carbonyl (C=O) groups is 3. The fraction of sp³-hybridized carbons (Fsp3) is 0.727. The highest BCUT2D eigenvalue weighted by molar-refractivity contribution is 5.91. The van der Waals surface area contributed by atoms with Crippen LogP contribution in [0.2, 0.25) is 0 Å². The first-order valence-electron chi connectivity index (χ1n) is 5.68. The maximum atomic E-state index is 11.6. The molecule has 0 saturated carbocycles. The summed E-state index contributed by atoms with van der Waals surface area (Å²) in [6, 6.07) is -2.61. The van der Waals surface area contributed by atoms with Gasteiger partial charge >= 0.3 is 12.1 Å². The highest BCUT2D eigenvalue weighted by Gasteiger charge is 2.26. The summed E-state index contributed by atoms with van der Waals surface area (Å²) in [5.74, 6) is -2.01. The van der Waals surface area contributed by atoms with E-state index in [4.69, 9.17) is 20.7 Å². The van der Waals surface area contributed by atoms with E-state index in [0.717, 1.165) is 0 Å². The van der Waals surface area contributed by atoms with Gasteiger partial charge in [-0.3, -0.25) is 9.59 Å². The van der Waals surface area contributed by atoms with Crippen LogP contribution in [0, 0.1) is 0 Å². The van der Waals surface area contributed by atoms with Crippen LogP contribution in [0.25, 0.3) is 0 Å². The van der Waals surface area contributed by atoms with Crippen molar-refractivity contribution in [3.8, 4) is 0 Å². The third kappa shape index (κ3) is 7.37. The number of Topliss-reactive ketones (excluding diaryl/α,β-unsaturated/α-hetero) is 1. The number of aliphatic carboxylic acids is 1. The van der Waals surface area contributed by atoms with Crippen molar-refractivity contribution < 1.29 is 29.3 Å². The maximum Gasteiger partial charge on any atom is 0.408 e. The SMILES string of the molecule is CC(C)(C)OC(=O)NC(CO)C(=O)C[C@H](N)C(=O)O. The molecule has 8 heteroatoms. The van der Waals surface area contributed by atoms with Crippen molar-refractivity contribution in [1.82, 2.24) is 5.32 Å². The molecular weight excluding hydrogens is 256 g/mol. The Balaban J connectivity index is 4.46. The van der Waals surface area contributed by atoms with Crippen molar-refractivity contribution in [1.29, 1.82) is 0 Å². The van der Waals surface area contributed by atoms with Gasteiger partial charge in [0.25, 0.3) is 0 Å². The van der Waals surface area contributed by atoms with E-state index >= 15 is 0 Å². The number of carboxylic acid groups (broad SMARTS) is 1. The second-order valence-corrected chi connectivity index (χ2v) is 5.00. The molecule has 0 fully saturated rings. The highest BCUT2D eigenvalue weighted by Crippen LogP contribution is 2.07. The van der Waals surface area contributed by atoms with Gasteiger partial charge in [0.05, 0.1) is 6.61 Å². The van der Waals surface area contributed by atoms with E-state index in [9.17, 15) is 14.4 Å². The maximum absolute atomic E-state index is 11.6. The third-order valence-electron chi connectivity index (χ3n) is 2.00. The van der Waals surface area contributed by atoms with Gasteiger partial charge in [-0.15, -0.1) is 0 Å². The number of rotatable bonds is 6. The summed E-state index contributed by atoms with van der Waals surface area (Å²) in [4.78, 5) is 33.5. The minimum Gasteiger partial charge on any atom is -0.480 e. The van der Waals surface area contributed by atoms with Gasteiger partial charge < -0.3 is 26.0 Å². The van der Waals surface area contributed by atoms with Gasteiger partial charge in [0, 0.05) is 6.42 Å². The molecule has 2 atom stereocenters. The van der Waals surface area contributed by atoms with Crippen LogP contribution in [0.4, 0.5) is 4.79 Å². The first kappa shape index (κ1) is 17.3. The van der Waals surface area contributed by atoms with E-state index in [1.54, 1.807) is 20.8 Å². The minimum absolute atomic E-state index is 0.490. The molecule has 8 nitrogen and oxygen atoms in total. The molecule has 0 aromatic carbocycles. The number of hydrogen-bond acceptors (Lipinski definition) is 6. The lowest BCUT2D eigenvalue weighted by Crippen LogP contribution is -2.47. The topological polar surface area (TPSA) is 139 Å². The second kappa shape index (κ2) is 7.05. The first-order chi connectivity index (χ1) is 8.56. The Morgan fingerprint density at radius 2 is 1.84 bits per heavy atom. The van der Waals surface area contributed by atoms with Crippen molar-refractivity contribution >= 4 is 17.8 Å². The average molecular weight is 276 g/mol. The molecule has 0 aliphatic carbocycles. The molecule has 0 aromatic rings. The molecule has 5 N–H and O–H groups in total. The van der Waals surface area contributed by atoms with E-state index in [2.05, 4.69) is 5.32 Å². The van der Waals surface area contributed by atoms with Crippen LogP contribution in [-0.4, -0.2) is 52.4 Å². The number of amides is 1. The standard InChI is InChI=1S/C11H20N2O6/c1-11(2,3)19-10(18)13-7(5-14)8(15)4-6(12)9(16)17/h6-7,14H,4-5,12H2,1-3H3,(H,13,18)(H,16,17)/t6-,7?/m0/s1. The Hall–Kier alpha value is -1.67. The summed E-state index contributed by atoms with van der Waals surface area (Å²) >= 11 is 0. The number of aliphatic hydroxyl groups excluding tert-OH is 1. The van der Waals surface area contributed by atoms with Gasteiger partial charge in [-0.2, -0.15) is 0 Å². The van der Waals surface area contributed by atoms with Crippen molar-refractivity contribution in [2.75, 3.05) is 6.61 Å². The molecule has 0 spiro atoms. The Morgan fingerprint density at radius 3 is 2.21 bits per heavy atom. The predicted molar refractivity (Wildman–Crippen MR) is 65.5 cm³/mol. The van der Waals surface area contributed by atoms with Crippen LogP contribution in [0.15, 0.2) is 0 Å². The number of carbonyl (C=O) groups excluding carboxylic acids is 2. The predicted octanol–water partition coefficient (Wildman–Crippen LogP) is -0.757. The summed E-state index contributed by atoms with van der Waals surface area (Å²) in [5.41, 5.74) is 4.45. The lowest BCUT2D eigenvalue weighted by Gasteiger charge is -2.22. The Bertz CT molecular complexity index is 350. The van der Waals surface area contributed by atoms with Gasteiger partial charge in [0.2, 0.25) is 0 Å². The molecule has 0 heterocycles. The largest absolute Gasteiger partial charge is 0.480 e. The van der Waals surface area contributed by atoms with Crippen LogP contribution in [-0.2, 0) is 14.3 Å². The second-order valence-electron chi connectivity index (χ2n) is 5.00. The normalized spacial score (nSPS) is 14.4. The number of carboxylic acids is 1. The van der Waals surface area contributed by atoms with Crippen molar-refractivity contribution in [2.24, 2.45) is 5.73 Å². The summed E-state index contributed by atoms with van der Waals surface area (Å²) in [6.07, 6.45) is -1.36. The molecule has 1 amide bonds. The monoisotopic (exact) mass is 276 g/mol. The number of ether oxygens (including phenoxy) is 1. The molecule has 110 valence electrons.